The van der Waals surface area contributed by atoms with Crippen LogP contribution in [-0.4, -0.2) is 12.5 Å². The van der Waals surface area contributed by atoms with Gasteiger partial charge in [0.05, 0.1) is 5.56 Å². The van der Waals surface area contributed by atoms with Gasteiger partial charge in [0, 0.05) is 15.7 Å². The molecule has 1 N–H and O–H groups in total. The van der Waals surface area contributed by atoms with Gasteiger partial charge in [0.25, 0.3) is 5.91 Å². The summed E-state index contributed by atoms with van der Waals surface area (Å²) in [6, 6.07) is 3.38. The number of benzene rings is 1. The Kier molecular flexibility index (Phi) is 5.01. The van der Waals surface area contributed by atoms with E-state index in [0.717, 1.165) is 6.07 Å². The summed E-state index contributed by atoms with van der Waals surface area (Å²) < 4.78 is 37.6. The van der Waals surface area contributed by atoms with Gasteiger partial charge in [-0.2, -0.15) is 13.2 Å². The molecule has 0 spiro atoms. The van der Waals surface area contributed by atoms with Crippen LogP contribution in [0.3, 0.4) is 0 Å². The molecule has 0 saturated heterocycles. The van der Waals surface area contributed by atoms with Gasteiger partial charge in [-0.15, -0.1) is 0 Å². The molecule has 0 unspecified atom stereocenters. The van der Waals surface area contributed by atoms with Crippen molar-refractivity contribution in [3.05, 3.63) is 32.9 Å². The van der Waals surface area contributed by atoms with Crippen LogP contribution in [0.2, 0.25) is 0 Å². The van der Waals surface area contributed by atoms with Gasteiger partial charge in [0.1, 0.15) is 0 Å². The molecule has 0 aromatic heterocycles. The fraction of sp³-hybridized carbons (Fsp3) is 0.417. The lowest BCUT2D eigenvalue weighted by Crippen LogP contribution is -2.27. The fourth-order valence-corrected chi connectivity index (χ4v) is 2.11. The molecule has 0 bridgehead atoms. The zero-order valence-electron chi connectivity index (χ0n) is 9.94. The highest BCUT2D eigenvalue weighted by Gasteiger charge is 2.33. The quantitative estimate of drug-likeness (QED) is 0.807. The van der Waals surface area contributed by atoms with Crippen LogP contribution in [-0.2, 0) is 6.18 Å². The summed E-state index contributed by atoms with van der Waals surface area (Å²) >= 11 is 1.59. The van der Waals surface area contributed by atoms with Gasteiger partial charge < -0.3 is 5.32 Å². The summed E-state index contributed by atoms with van der Waals surface area (Å²) in [6.45, 7) is 4.38. The van der Waals surface area contributed by atoms with Crippen molar-refractivity contribution in [1.29, 1.82) is 0 Å². The van der Waals surface area contributed by atoms with Crippen molar-refractivity contribution in [3.8, 4) is 0 Å². The van der Waals surface area contributed by atoms with Gasteiger partial charge in [-0.25, -0.2) is 0 Å². The topological polar surface area (TPSA) is 29.1 Å². The second-order valence-corrected chi connectivity index (χ2v) is 5.46. The molecule has 0 heterocycles. The first-order chi connectivity index (χ1) is 8.21. The number of carbonyl (C=O) groups is 1. The first-order valence-electron chi connectivity index (χ1n) is 5.36. The number of halogens is 4. The van der Waals surface area contributed by atoms with Crippen molar-refractivity contribution in [3.63, 3.8) is 0 Å². The number of carbonyl (C=O) groups excluding carboxylic acids is 1. The Morgan fingerprint density at radius 3 is 2.44 bits per heavy atom. The molecule has 0 aliphatic heterocycles. The van der Waals surface area contributed by atoms with Crippen molar-refractivity contribution >= 4 is 28.5 Å². The average Bonchev–Trinajstić information content (AvgIpc) is 2.23. The molecular weight excluding hydrogens is 358 g/mol. The van der Waals surface area contributed by atoms with Crippen LogP contribution in [0, 0.1) is 9.49 Å². The van der Waals surface area contributed by atoms with Gasteiger partial charge in [0.2, 0.25) is 0 Å². The van der Waals surface area contributed by atoms with E-state index in [2.05, 4.69) is 5.32 Å². The third kappa shape index (κ3) is 4.15. The summed E-state index contributed by atoms with van der Waals surface area (Å²) in [5, 5.41) is 2.66. The highest BCUT2D eigenvalue weighted by Crippen LogP contribution is 2.33. The molecule has 100 valence electrons. The number of nitrogens with one attached hydrogen (secondary N) is 1. The zero-order chi connectivity index (χ0) is 13.9. The van der Waals surface area contributed by atoms with Crippen LogP contribution in [0.5, 0.6) is 0 Å². The molecule has 0 fully saturated rings. The van der Waals surface area contributed by atoms with Crippen LogP contribution >= 0.6 is 22.6 Å². The second kappa shape index (κ2) is 5.90. The van der Waals surface area contributed by atoms with Crippen LogP contribution in [0.15, 0.2) is 18.2 Å². The Labute approximate surface area is 117 Å². The van der Waals surface area contributed by atoms with Crippen LogP contribution in [0.4, 0.5) is 13.2 Å². The summed E-state index contributed by atoms with van der Waals surface area (Å²) in [4.78, 5) is 11.7. The first kappa shape index (κ1) is 15.3. The molecule has 0 saturated carbocycles. The average molecular weight is 371 g/mol. The van der Waals surface area contributed by atoms with Gasteiger partial charge >= 0.3 is 6.18 Å². The van der Waals surface area contributed by atoms with Crippen molar-refractivity contribution in [2.45, 2.75) is 20.0 Å². The number of rotatable bonds is 3. The maximum atomic E-state index is 12.5. The number of hydrogen-bond donors (Lipinski definition) is 1. The highest BCUT2D eigenvalue weighted by molar-refractivity contribution is 14.1. The summed E-state index contributed by atoms with van der Waals surface area (Å²) in [7, 11) is 0. The monoisotopic (exact) mass is 371 g/mol. The zero-order valence-corrected chi connectivity index (χ0v) is 12.1. The highest BCUT2D eigenvalue weighted by atomic mass is 127. The molecule has 6 heteroatoms. The molecule has 1 amide bonds. The lowest BCUT2D eigenvalue weighted by molar-refractivity contribution is -0.138. The van der Waals surface area contributed by atoms with E-state index in [1.54, 1.807) is 22.6 Å². The van der Waals surface area contributed by atoms with E-state index in [4.69, 9.17) is 0 Å². The predicted octanol–water partition coefficient (Wildman–Crippen LogP) is 3.70. The van der Waals surface area contributed by atoms with E-state index >= 15 is 0 Å². The molecular formula is C12H13F3INO. The van der Waals surface area contributed by atoms with E-state index in [-0.39, 0.29) is 15.0 Å². The van der Waals surface area contributed by atoms with Gasteiger partial charge in [-0.05, 0) is 46.7 Å². The predicted molar refractivity (Wildman–Crippen MR) is 71.3 cm³/mol. The van der Waals surface area contributed by atoms with Gasteiger partial charge in [-0.3, -0.25) is 4.79 Å². The lowest BCUT2D eigenvalue weighted by atomic mass is 10.1. The van der Waals surface area contributed by atoms with Gasteiger partial charge in [-0.1, -0.05) is 13.8 Å². The molecule has 18 heavy (non-hydrogen) atoms. The third-order valence-electron chi connectivity index (χ3n) is 2.21. The molecule has 1 aromatic carbocycles. The van der Waals surface area contributed by atoms with Crippen molar-refractivity contribution < 1.29 is 18.0 Å². The molecule has 0 aliphatic carbocycles. The fourth-order valence-electron chi connectivity index (χ4n) is 1.29. The molecule has 1 rings (SSSR count). The Morgan fingerprint density at radius 2 is 2.00 bits per heavy atom. The molecule has 0 aliphatic rings. The largest absolute Gasteiger partial charge is 0.417 e. The molecule has 2 nitrogen and oxygen atoms in total. The van der Waals surface area contributed by atoms with E-state index in [0.29, 0.717) is 12.5 Å². The van der Waals surface area contributed by atoms with E-state index < -0.39 is 11.7 Å². The Balaban J connectivity index is 2.88. The molecule has 0 radical (unpaired) electrons. The Hall–Kier alpha value is -0.790. The maximum Gasteiger partial charge on any atom is 0.417 e. The van der Waals surface area contributed by atoms with Crippen LogP contribution in [0.1, 0.15) is 29.8 Å². The van der Waals surface area contributed by atoms with E-state index in [1.165, 1.54) is 12.1 Å². The summed E-state index contributed by atoms with van der Waals surface area (Å²) in [5.41, 5.74) is -0.475. The van der Waals surface area contributed by atoms with Crippen LogP contribution in [0.25, 0.3) is 0 Å². The number of amides is 1. The SMILES string of the molecule is CC(C)CNC(=O)c1ccc(C(F)(F)F)c(I)c1. The summed E-state index contributed by atoms with van der Waals surface area (Å²) in [5.74, 6) is -0.0576. The van der Waals surface area contributed by atoms with Gasteiger partial charge in [0.15, 0.2) is 0 Å². The van der Waals surface area contributed by atoms with Crippen LogP contribution < -0.4 is 5.32 Å². The minimum atomic E-state index is -4.39. The smallest absolute Gasteiger partial charge is 0.352 e. The Bertz CT molecular complexity index is 443. The molecule has 1 aromatic rings. The normalized spacial score (nSPS) is 11.7. The van der Waals surface area contributed by atoms with Crippen molar-refractivity contribution in [2.75, 3.05) is 6.54 Å². The minimum absolute atomic E-state index is 0.0253. The minimum Gasteiger partial charge on any atom is -0.352 e. The number of hydrogen-bond acceptors (Lipinski definition) is 1. The standard InChI is InChI=1S/C12H13F3INO/c1-7(2)6-17-11(18)8-3-4-9(10(16)5-8)12(13,14)15/h3-5,7H,6H2,1-2H3,(H,17,18). The first-order valence-corrected chi connectivity index (χ1v) is 6.44. The molecule has 0 atom stereocenters. The second-order valence-electron chi connectivity index (χ2n) is 4.30. The van der Waals surface area contributed by atoms with E-state index in [9.17, 15) is 18.0 Å². The van der Waals surface area contributed by atoms with E-state index in [1.807, 2.05) is 13.8 Å². The van der Waals surface area contributed by atoms with Crippen molar-refractivity contribution in [2.24, 2.45) is 5.92 Å². The Morgan fingerprint density at radius 1 is 1.39 bits per heavy atom. The summed E-state index contributed by atoms with van der Waals surface area (Å²) in [6.07, 6.45) is -4.39. The lowest BCUT2D eigenvalue weighted by Gasteiger charge is -2.11. The third-order valence-corrected chi connectivity index (χ3v) is 3.10. The maximum absolute atomic E-state index is 12.5. The number of alkyl halides is 3. The van der Waals surface area contributed by atoms with Crippen molar-refractivity contribution in [1.82, 2.24) is 5.32 Å².